The number of nitrogens with one attached hydrogen (secondary N) is 1. The number of likely N-dealkylation sites (tertiary alicyclic amines) is 1. The summed E-state index contributed by atoms with van der Waals surface area (Å²) in [5.74, 6) is -2.13. The Balaban J connectivity index is 1.63. The van der Waals surface area contributed by atoms with E-state index in [2.05, 4.69) is 10.1 Å². The van der Waals surface area contributed by atoms with Crippen LogP contribution < -0.4 is 5.32 Å². The molecule has 2 aliphatic heterocycles. The third-order valence-electron chi connectivity index (χ3n) is 5.99. The van der Waals surface area contributed by atoms with Gasteiger partial charge in [0, 0.05) is 6.54 Å². The molecule has 1 aromatic rings. The van der Waals surface area contributed by atoms with Crippen molar-refractivity contribution >= 4 is 23.8 Å². The van der Waals surface area contributed by atoms with Gasteiger partial charge in [-0.3, -0.25) is 9.59 Å². The molecule has 0 aromatic heterocycles. The monoisotopic (exact) mass is 446 g/mol. The summed E-state index contributed by atoms with van der Waals surface area (Å²) >= 11 is 0. The van der Waals surface area contributed by atoms with Crippen molar-refractivity contribution < 1.29 is 33.4 Å². The largest absolute Gasteiger partial charge is 0.467 e. The molecule has 2 amide bonds. The van der Waals surface area contributed by atoms with Gasteiger partial charge in [0.2, 0.25) is 5.91 Å². The van der Waals surface area contributed by atoms with Crippen molar-refractivity contribution in [1.29, 1.82) is 0 Å². The number of carbonyl (C=O) groups excluding carboxylic acids is 4. The summed E-state index contributed by atoms with van der Waals surface area (Å²) in [6.07, 6.45) is -0.0861. The minimum absolute atomic E-state index is 0.137. The van der Waals surface area contributed by atoms with E-state index >= 15 is 0 Å². The Morgan fingerprint density at radius 2 is 1.88 bits per heavy atom. The van der Waals surface area contributed by atoms with Gasteiger partial charge in [0.15, 0.2) is 12.2 Å². The van der Waals surface area contributed by atoms with Crippen LogP contribution >= 0.6 is 0 Å². The van der Waals surface area contributed by atoms with Gasteiger partial charge < -0.3 is 24.4 Å². The van der Waals surface area contributed by atoms with Crippen molar-refractivity contribution in [2.45, 2.75) is 64.0 Å². The van der Waals surface area contributed by atoms with Crippen LogP contribution in [-0.2, 0) is 40.0 Å². The van der Waals surface area contributed by atoms with Gasteiger partial charge >= 0.3 is 11.9 Å². The van der Waals surface area contributed by atoms with Crippen molar-refractivity contribution in [3.63, 3.8) is 0 Å². The van der Waals surface area contributed by atoms with E-state index < -0.39 is 42.1 Å². The Morgan fingerprint density at radius 1 is 1.16 bits per heavy atom. The third-order valence-corrected chi connectivity index (χ3v) is 5.99. The maximum absolute atomic E-state index is 13.4. The molecule has 2 saturated heterocycles. The first-order valence-corrected chi connectivity index (χ1v) is 10.9. The molecule has 3 unspecified atom stereocenters. The number of carbonyl (C=O) groups is 4. The Hall–Kier alpha value is -2.94. The number of ether oxygens (including phenoxy) is 3. The van der Waals surface area contributed by atoms with Crippen LogP contribution in [0.25, 0.3) is 0 Å². The average Bonchev–Trinajstić information content (AvgIpc) is 3.48. The summed E-state index contributed by atoms with van der Waals surface area (Å²) in [6, 6.07) is 7.81. The second-order valence-corrected chi connectivity index (χ2v) is 8.16. The van der Waals surface area contributed by atoms with Gasteiger partial charge in [0.05, 0.1) is 7.11 Å². The maximum atomic E-state index is 13.4. The predicted molar refractivity (Wildman–Crippen MR) is 113 cm³/mol. The van der Waals surface area contributed by atoms with E-state index in [4.69, 9.17) is 9.47 Å². The first kappa shape index (κ1) is 23.7. The first-order chi connectivity index (χ1) is 15.4. The van der Waals surface area contributed by atoms with E-state index in [1.807, 2.05) is 44.2 Å². The van der Waals surface area contributed by atoms with Crippen molar-refractivity contribution in [2.24, 2.45) is 5.92 Å². The number of esters is 2. The fourth-order valence-electron chi connectivity index (χ4n) is 3.80. The average molecular weight is 447 g/mol. The normalized spacial score (nSPS) is 23.7. The number of benzene rings is 1. The molecule has 32 heavy (non-hydrogen) atoms. The molecule has 1 N–H and O–H groups in total. The zero-order valence-corrected chi connectivity index (χ0v) is 18.6. The predicted octanol–water partition coefficient (Wildman–Crippen LogP) is 1.19. The van der Waals surface area contributed by atoms with Gasteiger partial charge in [-0.05, 0) is 24.3 Å². The number of amides is 2. The van der Waals surface area contributed by atoms with Gasteiger partial charge in [0.1, 0.15) is 18.7 Å². The molecular formula is C23H30N2O7. The lowest BCUT2D eigenvalue weighted by Gasteiger charge is -2.30. The molecule has 0 aliphatic carbocycles. The lowest BCUT2D eigenvalue weighted by molar-refractivity contribution is -0.155. The number of nitrogens with zero attached hydrogens (tertiary/aromatic N) is 1. The number of epoxide rings is 1. The highest BCUT2D eigenvalue weighted by Gasteiger charge is 2.52. The molecule has 5 atom stereocenters. The van der Waals surface area contributed by atoms with Crippen LogP contribution in [0, 0.1) is 5.92 Å². The molecule has 9 heteroatoms. The maximum Gasteiger partial charge on any atom is 0.338 e. The Labute approximate surface area is 187 Å². The fraction of sp³-hybridized carbons (Fsp3) is 0.565. The Morgan fingerprint density at radius 3 is 2.53 bits per heavy atom. The molecule has 0 saturated carbocycles. The van der Waals surface area contributed by atoms with Crippen molar-refractivity contribution in [3.8, 4) is 0 Å². The van der Waals surface area contributed by atoms with Crippen LogP contribution in [-0.4, -0.2) is 66.6 Å². The highest BCUT2D eigenvalue weighted by molar-refractivity contribution is 5.96. The lowest BCUT2D eigenvalue weighted by atomic mass is 9.97. The summed E-state index contributed by atoms with van der Waals surface area (Å²) in [4.78, 5) is 51.7. The zero-order chi connectivity index (χ0) is 23.3. The Bertz CT molecular complexity index is 844. The van der Waals surface area contributed by atoms with Crippen LogP contribution in [0.3, 0.4) is 0 Å². The van der Waals surface area contributed by atoms with Crippen LogP contribution in [0.15, 0.2) is 30.3 Å². The molecule has 0 radical (unpaired) electrons. The van der Waals surface area contributed by atoms with Gasteiger partial charge in [-0.15, -0.1) is 0 Å². The molecule has 2 heterocycles. The number of hydrogen-bond donors (Lipinski definition) is 1. The standard InChI is InChI=1S/C23H30N2O7/c1-4-14(2)17(24-20(26)18-19(32-18)23(29)30-3)21(27)25-12-8-11-16(25)22(28)31-13-15-9-6-5-7-10-15/h5-7,9-10,14,16-19H,4,8,11-13H2,1-3H3,(H,24,26)/t14?,16-,17-,18?,19?/m0/s1. The molecule has 1 aromatic carbocycles. The molecule has 174 valence electrons. The summed E-state index contributed by atoms with van der Waals surface area (Å²) in [6.45, 7) is 4.32. The highest BCUT2D eigenvalue weighted by atomic mass is 16.6. The minimum Gasteiger partial charge on any atom is -0.467 e. The molecule has 2 fully saturated rings. The number of rotatable bonds is 9. The second-order valence-electron chi connectivity index (χ2n) is 8.16. The Kier molecular flexibility index (Phi) is 7.84. The molecule has 3 rings (SSSR count). The molecule has 0 bridgehead atoms. The highest BCUT2D eigenvalue weighted by Crippen LogP contribution is 2.26. The summed E-state index contributed by atoms with van der Waals surface area (Å²) in [5, 5.41) is 2.72. The second kappa shape index (κ2) is 10.6. The quantitative estimate of drug-likeness (QED) is 0.448. The molecule has 9 nitrogen and oxygen atoms in total. The lowest BCUT2D eigenvalue weighted by Crippen LogP contribution is -2.55. The topological polar surface area (TPSA) is 115 Å². The van der Waals surface area contributed by atoms with Gasteiger partial charge in [-0.25, -0.2) is 9.59 Å². The van der Waals surface area contributed by atoms with Crippen LogP contribution in [0.2, 0.25) is 0 Å². The molecule has 2 aliphatic rings. The van der Waals surface area contributed by atoms with Gasteiger partial charge in [-0.2, -0.15) is 0 Å². The number of hydrogen-bond acceptors (Lipinski definition) is 7. The van der Waals surface area contributed by atoms with Crippen molar-refractivity contribution in [3.05, 3.63) is 35.9 Å². The summed E-state index contributed by atoms with van der Waals surface area (Å²) < 4.78 is 15.1. The van der Waals surface area contributed by atoms with Crippen LogP contribution in [0.4, 0.5) is 0 Å². The van der Waals surface area contributed by atoms with E-state index in [-0.39, 0.29) is 18.4 Å². The first-order valence-electron chi connectivity index (χ1n) is 10.9. The minimum atomic E-state index is -0.966. The molecule has 0 spiro atoms. The zero-order valence-electron chi connectivity index (χ0n) is 18.6. The van der Waals surface area contributed by atoms with E-state index in [9.17, 15) is 19.2 Å². The van der Waals surface area contributed by atoms with E-state index in [1.54, 1.807) is 0 Å². The number of methoxy groups -OCH3 is 1. The van der Waals surface area contributed by atoms with E-state index in [0.717, 1.165) is 5.56 Å². The van der Waals surface area contributed by atoms with Crippen molar-refractivity contribution in [1.82, 2.24) is 10.2 Å². The van der Waals surface area contributed by atoms with Gasteiger partial charge in [-0.1, -0.05) is 50.6 Å². The summed E-state index contributed by atoms with van der Waals surface area (Å²) in [7, 11) is 1.22. The molecular weight excluding hydrogens is 416 g/mol. The SMILES string of the molecule is CCC(C)[C@H](NC(=O)C1OC1C(=O)OC)C(=O)N1CCC[C@H]1C(=O)OCc1ccccc1. The van der Waals surface area contributed by atoms with Crippen molar-refractivity contribution in [2.75, 3.05) is 13.7 Å². The third kappa shape index (κ3) is 5.45. The van der Waals surface area contributed by atoms with Crippen LogP contribution in [0.5, 0.6) is 0 Å². The van der Waals surface area contributed by atoms with E-state index in [1.165, 1.54) is 12.0 Å². The fourth-order valence-corrected chi connectivity index (χ4v) is 3.80. The summed E-state index contributed by atoms with van der Waals surface area (Å²) in [5.41, 5.74) is 0.867. The smallest absolute Gasteiger partial charge is 0.338 e. The van der Waals surface area contributed by atoms with E-state index in [0.29, 0.717) is 25.8 Å². The van der Waals surface area contributed by atoms with Crippen LogP contribution in [0.1, 0.15) is 38.7 Å². The van der Waals surface area contributed by atoms with Gasteiger partial charge in [0.25, 0.3) is 5.91 Å².